The van der Waals surface area contributed by atoms with Crippen LogP contribution in [0.5, 0.6) is 5.75 Å². The van der Waals surface area contributed by atoms with Crippen LogP contribution in [0.15, 0.2) is 30.3 Å². The van der Waals surface area contributed by atoms with Crippen molar-refractivity contribution in [2.75, 3.05) is 5.75 Å². The summed E-state index contributed by atoms with van der Waals surface area (Å²) in [6.07, 6.45) is 19.1. The summed E-state index contributed by atoms with van der Waals surface area (Å²) in [5, 5.41) is 0. The van der Waals surface area contributed by atoms with Crippen LogP contribution >= 0.6 is 17.1 Å². The van der Waals surface area contributed by atoms with E-state index in [4.69, 9.17) is 16.5 Å². The molecule has 0 aromatic heterocycles. The predicted octanol–water partition coefficient (Wildman–Crippen LogP) is 7.76. The Bertz CT molecular complexity index is 595. The van der Waals surface area contributed by atoms with E-state index in [-0.39, 0.29) is 19.5 Å². The molecule has 3 nitrogen and oxygen atoms in total. The van der Waals surface area contributed by atoms with E-state index in [1.807, 2.05) is 30.3 Å². The first-order valence-corrected chi connectivity index (χ1v) is 17.0. The first-order valence-electron chi connectivity index (χ1n) is 12.8. The van der Waals surface area contributed by atoms with Crippen molar-refractivity contribution < 1.29 is 34.0 Å². The van der Waals surface area contributed by atoms with Crippen LogP contribution in [-0.2, 0) is 31.3 Å². The number of unbranched alkanes of at least 4 members (excludes halogenated alkanes) is 12. The molecule has 0 saturated carbocycles. The van der Waals surface area contributed by atoms with Crippen molar-refractivity contribution in [2.45, 2.75) is 122 Å². The maximum absolute atomic E-state index is 11.8. The van der Waals surface area contributed by atoms with Gasteiger partial charge in [-0.3, -0.25) is 0 Å². The van der Waals surface area contributed by atoms with Crippen LogP contribution in [0.1, 0.15) is 117 Å². The molecule has 0 amide bonds. The Balaban J connectivity index is 0.0000102. The molecule has 0 aliphatic carbocycles. The zero-order valence-electron chi connectivity index (χ0n) is 21.1. The van der Waals surface area contributed by atoms with Gasteiger partial charge in [-0.1, -0.05) is 109 Å². The van der Waals surface area contributed by atoms with Crippen molar-refractivity contribution in [1.29, 1.82) is 0 Å². The molecular weight excluding hydrogens is 521 g/mol. The number of hydrogen-bond acceptors (Lipinski definition) is 5. The van der Waals surface area contributed by atoms with Gasteiger partial charge < -0.3 is 14.5 Å². The monoisotopic (exact) mass is 564 g/mol. The number of hydrogen-bond donors (Lipinski definition) is 0. The van der Waals surface area contributed by atoms with Gasteiger partial charge in [0, 0.05) is 5.75 Å². The normalized spacial score (nSPS) is 11.9. The molecule has 7 heteroatoms. The van der Waals surface area contributed by atoms with Crippen LogP contribution in [0.4, 0.5) is 0 Å². The minimum absolute atomic E-state index is 0. The molecule has 0 saturated heterocycles. The van der Waals surface area contributed by atoms with Crippen LogP contribution in [0.3, 0.4) is 0 Å². The van der Waals surface area contributed by atoms with Gasteiger partial charge in [0.2, 0.25) is 0 Å². The van der Waals surface area contributed by atoms with Crippen LogP contribution < -0.4 is 14.5 Å². The maximum Gasteiger partial charge on any atom is 2.00 e. The smallest absolute Gasteiger partial charge is 0.825 e. The van der Waals surface area contributed by atoms with Crippen molar-refractivity contribution in [3.05, 3.63) is 30.3 Å². The zero-order valence-corrected chi connectivity index (χ0v) is 26.6. The Kier molecular flexibility index (Phi) is 21.1. The van der Waals surface area contributed by atoms with Crippen LogP contribution in [0, 0.1) is 0 Å². The van der Waals surface area contributed by atoms with Gasteiger partial charge in [0.1, 0.15) is 11.4 Å². The first-order chi connectivity index (χ1) is 15.4. The zero-order chi connectivity index (χ0) is 23.5. The van der Waals surface area contributed by atoms with E-state index >= 15 is 0 Å². The van der Waals surface area contributed by atoms with E-state index in [0.29, 0.717) is 5.75 Å². The molecule has 0 bridgehead atoms. The molecule has 186 valence electrons. The van der Waals surface area contributed by atoms with Crippen molar-refractivity contribution in [2.24, 2.45) is 0 Å². The van der Waals surface area contributed by atoms with Crippen LogP contribution in [0.25, 0.3) is 0 Å². The second kappa shape index (κ2) is 20.7. The molecule has 0 heterocycles. The molecular formula is C26H45O3PS2Zn. The molecule has 0 fully saturated rings. The summed E-state index contributed by atoms with van der Waals surface area (Å²) in [5.41, 5.74) is -4.29. The molecule has 1 rings (SSSR count). The summed E-state index contributed by atoms with van der Waals surface area (Å²) >= 11 is 5.61. The van der Waals surface area contributed by atoms with Crippen molar-refractivity contribution in [3.8, 4) is 5.75 Å². The molecule has 0 spiro atoms. The fourth-order valence-corrected chi connectivity index (χ4v) is 6.54. The third-order valence-electron chi connectivity index (χ3n) is 6.04. The third-order valence-corrected chi connectivity index (χ3v) is 9.29. The standard InChI is InChI=1S/C26H47O3PS2.Zn/c1-3-5-7-9-11-13-18-22-26(24-32-30(27,28)31,29-25-20-16-15-17-21-25)23-19-14-12-10-8-6-4-2;/h15-17,20-21H,3-14,18-19,22-24H2,1-2H3,(H2,27,28,31);/q;+2/p-2. The Morgan fingerprint density at radius 2 is 1.18 bits per heavy atom. The van der Waals surface area contributed by atoms with E-state index in [0.717, 1.165) is 42.8 Å². The van der Waals surface area contributed by atoms with E-state index < -0.39 is 11.3 Å². The average molecular weight is 566 g/mol. The summed E-state index contributed by atoms with van der Waals surface area (Å²) in [7, 11) is 0. The fraction of sp³-hybridized carbons (Fsp3) is 0.769. The van der Waals surface area contributed by atoms with Crippen LogP contribution in [-0.4, -0.2) is 11.4 Å². The first kappa shape index (κ1) is 33.6. The number of ether oxygens (including phenoxy) is 1. The fourth-order valence-electron chi connectivity index (χ4n) is 4.14. The average Bonchev–Trinajstić information content (AvgIpc) is 2.77. The summed E-state index contributed by atoms with van der Waals surface area (Å²) in [6, 6.07) is 9.87. The van der Waals surface area contributed by atoms with Gasteiger partial charge in [-0.25, -0.2) is 0 Å². The summed E-state index contributed by atoms with van der Waals surface area (Å²) in [6.45, 7) is 4.48. The third kappa shape index (κ3) is 18.5. The van der Waals surface area contributed by atoms with Gasteiger partial charge in [-0.05, 0) is 37.8 Å². The largest absolute Gasteiger partial charge is 2.00 e. The van der Waals surface area contributed by atoms with Crippen molar-refractivity contribution >= 4 is 28.9 Å². The molecule has 1 aromatic rings. The van der Waals surface area contributed by atoms with E-state index in [1.165, 1.54) is 77.0 Å². The van der Waals surface area contributed by atoms with Gasteiger partial charge in [-0.15, -0.1) is 11.8 Å². The molecule has 0 unspecified atom stereocenters. The maximum atomic E-state index is 11.8. The molecule has 0 N–H and O–H groups in total. The Morgan fingerprint density at radius 1 is 0.758 bits per heavy atom. The minimum atomic E-state index is -3.81. The summed E-state index contributed by atoms with van der Waals surface area (Å²) in [5.74, 6) is 1.24. The SMILES string of the molecule is CCCCCCCCCC(CCCCCCCCC)(CSP([O-])([O-])=S)Oc1ccccc1.[Zn+2]. The van der Waals surface area contributed by atoms with Gasteiger partial charge in [0.05, 0.1) is 0 Å². The predicted molar refractivity (Wildman–Crippen MR) is 142 cm³/mol. The van der Waals surface area contributed by atoms with E-state index in [9.17, 15) is 9.79 Å². The van der Waals surface area contributed by atoms with E-state index in [2.05, 4.69) is 13.8 Å². The minimum Gasteiger partial charge on any atom is -0.825 e. The second-order valence-corrected chi connectivity index (χ2v) is 14.9. The molecule has 0 atom stereocenters. The second-order valence-electron chi connectivity index (χ2n) is 9.06. The van der Waals surface area contributed by atoms with Gasteiger partial charge in [0.15, 0.2) is 0 Å². The Hall–Kier alpha value is 0.563. The van der Waals surface area contributed by atoms with Crippen LogP contribution in [0.2, 0.25) is 0 Å². The Morgan fingerprint density at radius 3 is 1.61 bits per heavy atom. The molecule has 0 aliphatic heterocycles. The number of para-hydroxylation sites is 1. The quantitative estimate of drug-likeness (QED) is 0.0866. The topological polar surface area (TPSA) is 55.3 Å². The Labute approximate surface area is 225 Å². The van der Waals surface area contributed by atoms with E-state index in [1.54, 1.807) is 0 Å². The van der Waals surface area contributed by atoms with Gasteiger partial charge in [-0.2, -0.15) is 17.1 Å². The van der Waals surface area contributed by atoms with Crippen molar-refractivity contribution in [1.82, 2.24) is 0 Å². The summed E-state index contributed by atoms with van der Waals surface area (Å²) < 4.78 is 6.56. The molecule has 0 aliphatic rings. The van der Waals surface area contributed by atoms with Gasteiger partial charge >= 0.3 is 19.5 Å². The number of rotatable bonds is 21. The molecule has 0 radical (unpaired) electrons. The molecule has 33 heavy (non-hydrogen) atoms. The number of benzene rings is 1. The molecule has 1 aromatic carbocycles. The summed E-state index contributed by atoms with van der Waals surface area (Å²) in [4.78, 5) is 23.7. The van der Waals surface area contributed by atoms with Gasteiger partial charge in [0.25, 0.3) is 0 Å². The van der Waals surface area contributed by atoms with Crippen molar-refractivity contribution in [3.63, 3.8) is 0 Å².